The minimum absolute atomic E-state index is 0.00252. The first-order chi connectivity index (χ1) is 14.0. The minimum atomic E-state index is -0.928. The third-order valence-electron chi connectivity index (χ3n) is 6.36. The number of rotatable bonds is 4. The molecule has 2 fully saturated rings. The summed E-state index contributed by atoms with van der Waals surface area (Å²) in [4.78, 5) is 14.8. The molecule has 29 heavy (non-hydrogen) atoms. The van der Waals surface area contributed by atoms with E-state index in [1.54, 1.807) is 7.11 Å². The molecule has 2 aromatic carbocycles. The second-order valence-corrected chi connectivity index (χ2v) is 8.31. The van der Waals surface area contributed by atoms with Gasteiger partial charge in [0.25, 0.3) is 0 Å². The maximum atomic E-state index is 12.9. The van der Waals surface area contributed by atoms with E-state index >= 15 is 0 Å². The van der Waals surface area contributed by atoms with Crippen molar-refractivity contribution in [1.82, 2.24) is 4.90 Å². The van der Waals surface area contributed by atoms with Crippen molar-refractivity contribution in [3.05, 3.63) is 65.2 Å². The molecule has 0 aromatic heterocycles. The lowest BCUT2D eigenvalue weighted by atomic mass is 9.72. The van der Waals surface area contributed by atoms with Crippen molar-refractivity contribution >= 4 is 6.09 Å². The summed E-state index contributed by atoms with van der Waals surface area (Å²) in [6, 6.07) is 15.6. The van der Waals surface area contributed by atoms with Gasteiger partial charge >= 0.3 is 6.09 Å². The number of methoxy groups -OCH3 is 1. The van der Waals surface area contributed by atoms with Crippen molar-refractivity contribution in [3.63, 3.8) is 0 Å². The molecule has 2 aliphatic heterocycles. The number of carbonyl (C=O) groups excluding carboxylic acids is 1. The highest BCUT2D eigenvalue weighted by Gasteiger charge is 2.49. The van der Waals surface area contributed by atoms with Crippen LogP contribution in [0.15, 0.2) is 48.5 Å². The van der Waals surface area contributed by atoms with E-state index in [-0.39, 0.29) is 24.8 Å². The van der Waals surface area contributed by atoms with Crippen molar-refractivity contribution in [2.75, 3.05) is 7.11 Å². The highest BCUT2D eigenvalue weighted by molar-refractivity contribution is 5.69. The quantitative estimate of drug-likeness (QED) is 0.825. The molecule has 2 aliphatic rings. The fourth-order valence-corrected chi connectivity index (χ4v) is 5.03. The van der Waals surface area contributed by atoms with Crippen LogP contribution in [-0.4, -0.2) is 35.3 Å². The standard InChI is InChI=1S/C24H29NO4/c1-17-13-21(28-2)11-12-22(17)24(27)14-19-9-6-10-20(15-24)25(19)23(26)29-16-18-7-4-3-5-8-18/h3-5,7-8,11-13,19-20,27H,6,9-10,14-16H2,1-2H3. The summed E-state index contributed by atoms with van der Waals surface area (Å²) in [5.41, 5.74) is 2.01. The molecular weight excluding hydrogens is 366 g/mol. The topological polar surface area (TPSA) is 59.0 Å². The molecule has 154 valence electrons. The molecular formula is C24H29NO4. The SMILES string of the molecule is COc1ccc(C2(O)CC3CCCC(C2)N3C(=O)OCc2ccccc2)c(C)c1. The molecule has 2 unspecified atom stereocenters. The Morgan fingerprint density at radius 3 is 2.45 bits per heavy atom. The van der Waals surface area contributed by atoms with Crippen LogP contribution in [0.3, 0.4) is 0 Å². The average Bonchev–Trinajstić information content (AvgIpc) is 2.72. The first-order valence-electron chi connectivity index (χ1n) is 10.4. The molecule has 0 saturated carbocycles. The molecule has 1 amide bonds. The molecule has 0 aliphatic carbocycles. The van der Waals surface area contributed by atoms with E-state index in [0.29, 0.717) is 12.8 Å². The number of nitrogens with zero attached hydrogens (tertiary/aromatic N) is 1. The lowest BCUT2D eigenvalue weighted by molar-refractivity contribution is -0.0899. The number of piperidine rings is 2. The van der Waals surface area contributed by atoms with Crippen LogP contribution in [0.5, 0.6) is 5.75 Å². The van der Waals surface area contributed by atoms with Crippen LogP contribution >= 0.6 is 0 Å². The molecule has 0 radical (unpaired) electrons. The van der Waals surface area contributed by atoms with Crippen molar-refractivity contribution < 1.29 is 19.4 Å². The summed E-state index contributed by atoms with van der Waals surface area (Å²) in [7, 11) is 1.65. The van der Waals surface area contributed by atoms with Gasteiger partial charge in [0.05, 0.1) is 12.7 Å². The summed E-state index contributed by atoms with van der Waals surface area (Å²) in [5, 5.41) is 11.6. The van der Waals surface area contributed by atoms with E-state index in [2.05, 4.69) is 0 Å². The third-order valence-corrected chi connectivity index (χ3v) is 6.36. The Hall–Kier alpha value is -2.53. The Labute approximate surface area is 172 Å². The molecule has 2 heterocycles. The van der Waals surface area contributed by atoms with Crippen LogP contribution in [0, 0.1) is 6.92 Å². The van der Waals surface area contributed by atoms with Gasteiger partial charge in [-0.25, -0.2) is 4.79 Å². The first kappa shape index (κ1) is 19.8. The predicted octanol–water partition coefficient (Wildman–Crippen LogP) is 4.54. The lowest BCUT2D eigenvalue weighted by Crippen LogP contribution is -2.59. The van der Waals surface area contributed by atoms with Gasteiger partial charge in [-0.3, -0.25) is 0 Å². The van der Waals surface area contributed by atoms with Gasteiger partial charge in [-0.2, -0.15) is 0 Å². The van der Waals surface area contributed by atoms with Gasteiger partial charge in [0.15, 0.2) is 0 Å². The van der Waals surface area contributed by atoms with Crippen LogP contribution < -0.4 is 4.74 Å². The number of ether oxygens (including phenoxy) is 2. The van der Waals surface area contributed by atoms with Crippen LogP contribution in [-0.2, 0) is 16.9 Å². The number of carbonyl (C=O) groups is 1. The zero-order valence-corrected chi connectivity index (χ0v) is 17.1. The van der Waals surface area contributed by atoms with Crippen molar-refractivity contribution in [3.8, 4) is 5.75 Å². The lowest BCUT2D eigenvalue weighted by Gasteiger charge is -2.51. The Morgan fingerprint density at radius 1 is 1.14 bits per heavy atom. The summed E-state index contributed by atoms with van der Waals surface area (Å²) >= 11 is 0. The molecule has 2 aromatic rings. The predicted molar refractivity (Wildman–Crippen MR) is 111 cm³/mol. The number of amides is 1. The normalized spacial score (nSPS) is 26.1. The Balaban J connectivity index is 1.50. The number of benzene rings is 2. The van der Waals surface area contributed by atoms with Gasteiger partial charge in [-0.1, -0.05) is 36.4 Å². The largest absolute Gasteiger partial charge is 0.497 e. The minimum Gasteiger partial charge on any atom is -0.497 e. The van der Waals surface area contributed by atoms with Gasteiger partial charge < -0.3 is 19.5 Å². The molecule has 5 nitrogen and oxygen atoms in total. The number of aliphatic hydroxyl groups is 1. The Bertz CT molecular complexity index is 852. The van der Waals surface area contributed by atoms with E-state index in [1.807, 2.05) is 60.4 Å². The molecule has 1 N–H and O–H groups in total. The number of hydrogen-bond acceptors (Lipinski definition) is 4. The smallest absolute Gasteiger partial charge is 0.410 e. The second kappa shape index (κ2) is 8.07. The summed E-state index contributed by atoms with van der Waals surface area (Å²) < 4.78 is 10.9. The average molecular weight is 395 g/mol. The molecule has 4 rings (SSSR count). The molecule has 2 bridgehead atoms. The summed E-state index contributed by atoms with van der Waals surface area (Å²) in [6.45, 7) is 2.28. The van der Waals surface area contributed by atoms with Crippen molar-refractivity contribution in [2.24, 2.45) is 0 Å². The van der Waals surface area contributed by atoms with Crippen LogP contribution in [0.2, 0.25) is 0 Å². The summed E-state index contributed by atoms with van der Waals surface area (Å²) in [6.07, 6.45) is 3.68. The molecule has 0 spiro atoms. The van der Waals surface area contributed by atoms with Gasteiger partial charge in [0, 0.05) is 24.9 Å². The molecule has 2 saturated heterocycles. The van der Waals surface area contributed by atoms with E-state index in [0.717, 1.165) is 41.7 Å². The fourth-order valence-electron chi connectivity index (χ4n) is 5.03. The second-order valence-electron chi connectivity index (χ2n) is 8.31. The maximum Gasteiger partial charge on any atom is 0.410 e. The summed E-state index contributed by atoms with van der Waals surface area (Å²) in [5.74, 6) is 0.789. The fraction of sp³-hybridized carbons (Fsp3) is 0.458. The number of fused-ring (bicyclic) bond motifs is 2. The van der Waals surface area contributed by atoms with Crippen LogP contribution in [0.4, 0.5) is 4.79 Å². The molecule has 5 heteroatoms. The zero-order valence-electron chi connectivity index (χ0n) is 17.1. The van der Waals surface area contributed by atoms with Gasteiger partial charge in [-0.05, 0) is 55.0 Å². The van der Waals surface area contributed by atoms with E-state index in [4.69, 9.17) is 9.47 Å². The highest BCUT2D eigenvalue weighted by atomic mass is 16.6. The third kappa shape index (κ3) is 3.97. The Kier molecular flexibility index (Phi) is 5.50. The van der Waals surface area contributed by atoms with Crippen molar-refractivity contribution in [2.45, 2.75) is 63.3 Å². The monoisotopic (exact) mass is 395 g/mol. The van der Waals surface area contributed by atoms with Crippen molar-refractivity contribution in [1.29, 1.82) is 0 Å². The van der Waals surface area contributed by atoms with Gasteiger partial charge in [0.2, 0.25) is 0 Å². The van der Waals surface area contributed by atoms with Gasteiger partial charge in [-0.15, -0.1) is 0 Å². The van der Waals surface area contributed by atoms with Crippen LogP contribution in [0.25, 0.3) is 0 Å². The van der Waals surface area contributed by atoms with E-state index in [9.17, 15) is 9.90 Å². The number of aryl methyl sites for hydroxylation is 1. The Morgan fingerprint density at radius 2 is 1.83 bits per heavy atom. The van der Waals surface area contributed by atoms with E-state index < -0.39 is 5.60 Å². The van der Waals surface area contributed by atoms with E-state index in [1.165, 1.54) is 0 Å². The number of hydrogen-bond donors (Lipinski definition) is 1. The maximum absolute atomic E-state index is 12.9. The first-order valence-corrected chi connectivity index (χ1v) is 10.4. The van der Waals surface area contributed by atoms with Gasteiger partial charge in [0.1, 0.15) is 12.4 Å². The zero-order chi connectivity index (χ0) is 20.4. The highest BCUT2D eigenvalue weighted by Crippen LogP contribution is 2.45. The van der Waals surface area contributed by atoms with Crippen LogP contribution in [0.1, 0.15) is 48.8 Å². The molecule has 2 atom stereocenters.